The van der Waals surface area contributed by atoms with E-state index in [0.29, 0.717) is 17.0 Å². The molecule has 2 heterocycles. The molecule has 0 saturated heterocycles. The fourth-order valence-electron chi connectivity index (χ4n) is 1.36. The molecule has 82 valence electrons. The number of Topliss-reactive ketones (excluding diaryl/α,β-unsaturated/α-hetero) is 2. The second-order valence-corrected chi connectivity index (χ2v) is 4.01. The van der Waals surface area contributed by atoms with Crippen LogP contribution in [0.3, 0.4) is 0 Å². The van der Waals surface area contributed by atoms with Gasteiger partial charge in [-0.25, -0.2) is 4.98 Å². The first-order valence-electron chi connectivity index (χ1n) is 4.67. The first kappa shape index (κ1) is 10.8. The number of hydrogen-bond donors (Lipinski definition) is 0. The van der Waals surface area contributed by atoms with Crippen LogP contribution >= 0.6 is 11.3 Å². The molecular formula is C11H9NO3S. The van der Waals surface area contributed by atoms with Crippen molar-refractivity contribution < 1.29 is 14.0 Å². The van der Waals surface area contributed by atoms with Crippen molar-refractivity contribution in [3.63, 3.8) is 0 Å². The molecule has 0 N–H and O–H groups in total. The summed E-state index contributed by atoms with van der Waals surface area (Å²) in [7, 11) is 0. The van der Waals surface area contributed by atoms with E-state index in [2.05, 4.69) is 4.98 Å². The Hall–Kier alpha value is -1.75. The Morgan fingerprint density at radius 3 is 2.81 bits per heavy atom. The minimum atomic E-state index is -0.258. The van der Waals surface area contributed by atoms with Crippen molar-refractivity contribution in [2.45, 2.75) is 13.3 Å². The van der Waals surface area contributed by atoms with Gasteiger partial charge in [-0.3, -0.25) is 9.59 Å². The maximum atomic E-state index is 11.7. The van der Waals surface area contributed by atoms with Crippen LogP contribution in [-0.2, 0) is 0 Å². The topological polar surface area (TPSA) is 60.2 Å². The molecule has 16 heavy (non-hydrogen) atoms. The van der Waals surface area contributed by atoms with Crippen molar-refractivity contribution in [2.24, 2.45) is 0 Å². The molecule has 5 heteroatoms. The second kappa shape index (κ2) is 4.40. The van der Waals surface area contributed by atoms with Crippen LogP contribution in [0.15, 0.2) is 27.6 Å². The quantitative estimate of drug-likeness (QED) is 0.603. The highest BCUT2D eigenvalue weighted by Crippen LogP contribution is 2.13. The van der Waals surface area contributed by atoms with Gasteiger partial charge in [0, 0.05) is 5.38 Å². The van der Waals surface area contributed by atoms with Gasteiger partial charge < -0.3 is 4.42 Å². The highest BCUT2D eigenvalue weighted by atomic mass is 32.1. The van der Waals surface area contributed by atoms with Crippen LogP contribution < -0.4 is 0 Å². The molecule has 0 aromatic carbocycles. The standard InChI is InChI=1S/C11H9NO3S/c1-7-8(2-3-15-7)10(13)4-11(14)9-5-16-6-12-9/h2-3,5-6H,4H2,1H3. The van der Waals surface area contributed by atoms with E-state index in [0.717, 1.165) is 0 Å². The van der Waals surface area contributed by atoms with Gasteiger partial charge in [-0.15, -0.1) is 11.3 Å². The van der Waals surface area contributed by atoms with Crippen molar-refractivity contribution in [1.29, 1.82) is 0 Å². The lowest BCUT2D eigenvalue weighted by Crippen LogP contribution is -2.09. The van der Waals surface area contributed by atoms with Gasteiger partial charge in [0.1, 0.15) is 11.5 Å². The Morgan fingerprint density at radius 1 is 1.44 bits per heavy atom. The van der Waals surface area contributed by atoms with Gasteiger partial charge in [-0.1, -0.05) is 0 Å². The molecule has 0 aliphatic heterocycles. The SMILES string of the molecule is Cc1occc1C(=O)CC(=O)c1cscn1. The van der Waals surface area contributed by atoms with Gasteiger partial charge in [0.2, 0.25) is 0 Å². The van der Waals surface area contributed by atoms with Crippen LogP contribution in [0.25, 0.3) is 0 Å². The number of carbonyl (C=O) groups excluding carboxylic acids is 2. The summed E-state index contributed by atoms with van der Waals surface area (Å²) < 4.78 is 5.01. The van der Waals surface area contributed by atoms with E-state index in [1.165, 1.54) is 17.6 Å². The molecule has 0 unspecified atom stereocenters. The minimum absolute atomic E-state index is 0.163. The van der Waals surface area contributed by atoms with Crippen molar-refractivity contribution >= 4 is 22.9 Å². The third-order valence-corrected chi connectivity index (χ3v) is 2.78. The van der Waals surface area contributed by atoms with Crippen LogP contribution in [0.5, 0.6) is 0 Å². The lowest BCUT2D eigenvalue weighted by Gasteiger charge is -1.96. The molecule has 4 nitrogen and oxygen atoms in total. The minimum Gasteiger partial charge on any atom is -0.469 e. The van der Waals surface area contributed by atoms with E-state index >= 15 is 0 Å². The lowest BCUT2D eigenvalue weighted by molar-refractivity contribution is 0.0891. The van der Waals surface area contributed by atoms with Gasteiger partial charge in [0.25, 0.3) is 0 Å². The summed E-state index contributed by atoms with van der Waals surface area (Å²) in [4.78, 5) is 27.2. The summed E-state index contributed by atoms with van der Waals surface area (Å²) in [6, 6.07) is 1.58. The Bertz CT molecular complexity index is 513. The van der Waals surface area contributed by atoms with E-state index in [9.17, 15) is 9.59 Å². The van der Waals surface area contributed by atoms with Crippen LogP contribution in [0.4, 0.5) is 0 Å². The van der Waals surface area contributed by atoms with Crippen LogP contribution in [0, 0.1) is 6.92 Å². The Morgan fingerprint density at radius 2 is 2.25 bits per heavy atom. The van der Waals surface area contributed by atoms with Gasteiger partial charge in [-0.05, 0) is 13.0 Å². The van der Waals surface area contributed by atoms with E-state index in [1.807, 2.05) is 0 Å². The number of aryl methyl sites for hydroxylation is 1. The van der Waals surface area contributed by atoms with Crippen molar-refractivity contribution in [3.05, 3.63) is 40.2 Å². The predicted octanol–water partition coefficient (Wildman–Crippen LogP) is 2.50. The Labute approximate surface area is 95.9 Å². The fourth-order valence-corrected chi connectivity index (χ4v) is 1.91. The third-order valence-electron chi connectivity index (χ3n) is 2.20. The summed E-state index contributed by atoms with van der Waals surface area (Å²) in [5, 5.41) is 1.64. The van der Waals surface area contributed by atoms with Crippen LogP contribution in [0.1, 0.15) is 33.0 Å². The molecule has 0 atom stereocenters. The number of hydrogen-bond acceptors (Lipinski definition) is 5. The molecule has 0 saturated carbocycles. The normalized spacial score (nSPS) is 10.3. The molecule has 0 radical (unpaired) electrons. The number of rotatable bonds is 4. The van der Waals surface area contributed by atoms with Crippen LogP contribution in [0.2, 0.25) is 0 Å². The average Bonchev–Trinajstić information content (AvgIpc) is 2.86. The maximum absolute atomic E-state index is 11.7. The molecule has 2 aromatic heterocycles. The molecule has 2 rings (SSSR count). The monoisotopic (exact) mass is 235 g/mol. The van der Waals surface area contributed by atoms with Gasteiger partial charge in [0.15, 0.2) is 11.6 Å². The summed E-state index contributed by atoms with van der Waals surface area (Å²) >= 11 is 1.33. The summed E-state index contributed by atoms with van der Waals surface area (Å²) in [6.45, 7) is 1.69. The second-order valence-electron chi connectivity index (χ2n) is 3.29. The summed E-state index contributed by atoms with van der Waals surface area (Å²) in [5.74, 6) is 0.0483. The highest BCUT2D eigenvalue weighted by molar-refractivity contribution is 7.07. The average molecular weight is 235 g/mol. The van der Waals surface area contributed by atoms with E-state index in [1.54, 1.807) is 23.9 Å². The zero-order valence-electron chi connectivity index (χ0n) is 8.60. The molecule has 0 aliphatic carbocycles. The lowest BCUT2D eigenvalue weighted by atomic mass is 10.1. The zero-order chi connectivity index (χ0) is 11.5. The number of furan rings is 1. The number of aromatic nitrogens is 1. The molecule has 0 fully saturated rings. The Balaban J connectivity index is 2.09. The Kier molecular flexibility index (Phi) is 2.96. The van der Waals surface area contributed by atoms with Gasteiger partial charge >= 0.3 is 0 Å². The molecule has 0 aliphatic rings. The fraction of sp³-hybridized carbons (Fsp3) is 0.182. The largest absolute Gasteiger partial charge is 0.469 e. The van der Waals surface area contributed by atoms with Gasteiger partial charge in [0.05, 0.1) is 23.8 Å². The third kappa shape index (κ3) is 2.09. The molecular weight excluding hydrogens is 226 g/mol. The molecule has 0 amide bonds. The summed E-state index contributed by atoms with van der Waals surface area (Å²) in [6.07, 6.45) is 1.28. The summed E-state index contributed by atoms with van der Waals surface area (Å²) in [5.41, 5.74) is 2.38. The molecule has 2 aromatic rings. The number of thiazole rings is 1. The highest BCUT2D eigenvalue weighted by Gasteiger charge is 2.17. The first-order valence-corrected chi connectivity index (χ1v) is 5.61. The molecule has 0 spiro atoms. The van der Waals surface area contributed by atoms with Gasteiger partial charge in [-0.2, -0.15) is 0 Å². The smallest absolute Gasteiger partial charge is 0.189 e. The maximum Gasteiger partial charge on any atom is 0.189 e. The molecule has 0 bridgehead atoms. The van der Waals surface area contributed by atoms with Crippen molar-refractivity contribution in [3.8, 4) is 0 Å². The zero-order valence-corrected chi connectivity index (χ0v) is 9.41. The predicted molar refractivity (Wildman–Crippen MR) is 58.8 cm³/mol. The van der Waals surface area contributed by atoms with Crippen molar-refractivity contribution in [2.75, 3.05) is 0 Å². The number of ketones is 2. The van der Waals surface area contributed by atoms with E-state index in [-0.39, 0.29) is 18.0 Å². The van der Waals surface area contributed by atoms with Crippen molar-refractivity contribution in [1.82, 2.24) is 4.98 Å². The van der Waals surface area contributed by atoms with Crippen LogP contribution in [-0.4, -0.2) is 16.6 Å². The van der Waals surface area contributed by atoms with E-state index in [4.69, 9.17) is 4.42 Å². The van der Waals surface area contributed by atoms with E-state index < -0.39 is 0 Å². The first-order chi connectivity index (χ1) is 7.68. The number of carbonyl (C=O) groups is 2. The number of nitrogens with zero attached hydrogens (tertiary/aromatic N) is 1.